The Bertz CT molecular complexity index is 480. The van der Waals surface area contributed by atoms with Gasteiger partial charge in [0, 0.05) is 5.57 Å². The summed E-state index contributed by atoms with van der Waals surface area (Å²) in [6, 6.07) is 0. The Morgan fingerprint density at radius 3 is 2.17 bits per heavy atom. The number of hydrogen-bond donors (Lipinski definition) is 0. The molecule has 0 aliphatic heterocycles. The molecule has 0 aromatic rings. The van der Waals surface area contributed by atoms with Gasteiger partial charge in [-0.2, -0.15) is 0 Å². The predicted octanol–water partition coefficient (Wildman–Crippen LogP) is 4.69. The number of rotatable bonds is 6. The third kappa shape index (κ3) is 5.81. The van der Waals surface area contributed by atoms with E-state index >= 15 is 0 Å². The number of carbonyl (C=O) groups is 2. The molecule has 0 bridgehead atoms. The van der Waals surface area contributed by atoms with E-state index in [-0.39, 0.29) is 5.92 Å². The van der Waals surface area contributed by atoms with E-state index in [4.69, 9.17) is 9.47 Å². The van der Waals surface area contributed by atoms with Crippen LogP contribution in [0.25, 0.3) is 0 Å². The summed E-state index contributed by atoms with van der Waals surface area (Å²) >= 11 is 0. The lowest BCUT2D eigenvalue weighted by Crippen LogP contribution is -2.18. The van der Waals surface area contributed by atoms with E-state index in [2.05, 4.69) is 6.58 Å². The fourth-order valence-corrected chi connectivity index (χ4v) is 3.54. The van der Waals surface area contributed by atoms with Gasteiger partial charge in [-0.15, -0.1) is 0 Å². The van der Waals surface area contributed by atoms with Crippen LogP contribution in [0.1, 0.15) is 71.1 Å². The molecular weight excluding hydrogens is 304 g/mol. The monoisotopic (exact) mass is 334 g/mol. The van der Waals surface area contributed by atoms with E-state index < -0.39 is 11.9 Å². The zero-order chi connectivity index (χ0) is 17.4. The lowest BCUT2D eigenvalue weighted by Gasteiger charge is -2.22. The standard InChI is InChI=1S/C20H30O4/c1-15(19(21)24-14-17-9-5-3-6-10-17)13-23-20(22)16(2)18-11-7-4-8-12-18/h13,17-18H,2-12,14H2,1H3/b15-13+. The van der Waals surface area contributed by atoms with Gasteiger partial charge in [-0.3, -0.25) is 0 Å². The summed E-state index contributed by atoms with van der Waals surface area (Å²) in [6.07, 6.45) is 12.7. The normalized spacial score (nSPS) is 20.5. The van der Waals surface area contributed by atoms with Crippen molar-refractivity contribution in [2.24, 2.45) is 11.8 Å². The first kappa shape index (κ1) is 18.8. The highest BCUT2D eigenvalue weighted by Gasteiger charge is 2.22. The Balaban J connectivity index is 1.73. The van der Waals surface area contributed by atoms with Crippen molar-refractivity contribution >= 4 is 11.9 Å². The molecule has 2 fully saturated rings. The molecular formula is C20H30O4. The van der Waals surface area contributed by atoms with Crippen LogP contribution in [0.5, 0.6) is 0 Å². The number of carbonyl (C=O) groups excluding carboxylic acids is 2. The predicted molar refractivity (Wildman–Crippen MR) is 93.1 cm³/mol. The quantitative estimate of drug-likeness (QED) is 0.401. The minimum Gasteiger partial charge on any atom is -0.462 e. The van der Waals surface area contributed by atoms with Gasteiger partial charge < -0.3 is 9.47 Å². The number of ether oxygens (including phenoxy) is 2. The summed E-state index contributed by atoms with van der Waals surface area (Å²) < 4.78 is 10.5. The van der Waals surface area contributed by atoms with Crippen molar-refractivity contribution in [2.45, 2.75) is 71.1 Å². The fraction of sp³-hybridized carbons (Fsp3) is 0.700. The maximum Gasteiger partial charge on any atom is 0.338 e. The molecule has 4 heteroatoms. The van der Waals surface area contributed by atoms with Gasteiger partial charge in [0.15, 0.2) is 0 Å². The maximum absolute atomic E-state index is 12.1. The summed E-state index contributed by atoms with van der Waals surface area (Å²) in [5, 5.41) is 0. The second-order valence-corrected chi connectivity index (χ2v) is 7.17. The Labute approximate surface area is 145 Å². The van der Waals surface area contributed by atoms with Crippen molar-refractivity contribution in [3.05, 3.63) is 24.0 Å². The molecule has 0 aromatic heterocycles. The average molecular weight is 334 g/mol. The SMILES string of the molecule is C=C(C(=O)O/C=C(\C)C(=O)OCC1CCCCC1)C1CCCCC1. The molecule has 0 unspecified atom stereocenters. The van der Waals surface area contributed by atoms with Crippen LogP contribution in [-0.4, -0.2) is 18.5 Å². The van der Waals surface area contributed by atoms with Crippen LogP contribution in [0.2, 0.25) is 0 Å². The van der Waals surface area contributed by atoms with E-state index in [1.54, 1.807) is 6.92 Å². The number of esters is 2. The molecule has 2 rings (SSSR count). The highest BCUT2D eigenvalue weighted by molar-refractivity contribution is 5.91. The van der Waals surface area contributed by atoms with Gasteiger partial charge in [-0.05, 0) is 44.4 Å². The largest absolute Gasteiger partial charge is 0.462 e. The zero-order valence-electron chi connectivity index (χ0n) is 14.9. The zero-order valence-corrected chi connectivity index (χ0v) is 14.9. The Morgan fingerprint density at radius 2 is 1.54 bits per heavy atom. The van der Waals surface area contributed by atoms with E-state index in [0.29, 0.717) is 23.7 Å². The highest BCUT2D eigenvalue weighted by atomic mass is 16.5. The number of hydrogen-bond acceptors (Lipinski definition) is 4. The van der Waals surface area contributed by atoms with Crippen LogP contribution < -0.4 is 0 Å². The van der Waals surface area contributed by atoms with E-state index in [0.717, 1.165) is 38.5 Å². The molecule has 0 spiro atoms. The lowest BCUT2D eigenvalue weighted by molar-refractivity contribution is -0.141. The molecule has 0 atom stereocenters. The third-order valence-electron chi connectivity index (χ3n) is 5.20. The van der Waals surface area contributed by atoms with Gasteiger partial charge in [0.05, 0.1) is 12.2 Å². The fourth-order valence-electron chi connectivity index (χ4n) is 3.54. The second-order valence-electron chi connectivity index (χ2n) is 7.17. The summed E-state index contributed by atoms with van der Waals surface area (Å²) in [4.78, 5) is 24.0. The van der Waals surface area contributed by atoms with Gasteiger partial charge in [0.2, 0.25) is 0 Å². The molecule has 0 radical (unpaired) electrons. The van der Waals surface area contributed by atoms with Crippen molar-refractivity contribution in [1.82, 2.24) is 0 Å². The van der Waals surface area contributed by atoms with Crippen LogP contribution in [0.15, 0.2) is 24.0 Å². The molecule has 0 aromatic carbocycles. The van der Waals surface area contributed by atoms with Gasteiger partial charge in [-0.25, -0.2) is 9.59 Å². The molecule has 24 heavy (non-hydrogen) atoms. The summed E-state index contributed by atoms with van der Waals surface area (Å²) in [5.41, 5.74) is 0.838. The smallest absolute Gasteiger partial charge is 0.338 e. The van der Waals surface area contributed by atoms with Crippen molar-refractivity contribution in [2.75, 3.05) is 6.61 Å². The van der Waals surface area contributed by atoms with Crippen molar-refractivity contribution in [3.63, 3.8) is 0 Å². The molecule has 2 aliphatic carbocycles. The minimum atomic E-state index is -0.429. The first-order valence-electron chi connectivity index (χ1n) is 9.31. The van der Waals surface area contributed by atoms with Crippen LogP contribution in [0.3, 0.4) is 0 Å². The topological polar surface area (TPSA) is 52.6 Å². The molecule has 0 N–H and O–H groups in total. The third-order valence-corrected chi connectivity index (χ3v) is 5.20. The summed E-state index contributed by atoms with van der Waals surface area (Å²) in [5.74, 6) is -0.139. The molecule has 0 saturated heterocycles. The van der Waals surface area contributed by atoms with Gasteiger partial charge in [-0.1, -0.05) is 45.1 Å². The molecule has 4 nitrogen and oxygen atoms in total. The van der Waals surface area contributed by atoms with Gasteiger partial charge in [0.1, 0.15) is 6.26 Å². The Morgan fingerprint density at radius 1 is 0.958 bits per heavy atom. The second kappa shape index (κ2) is 9.65. The highest BCUT2D eigenvalue weighted by Crippen LogP contribution is 2.29. The van der Waals surface area contributed by atoms with Crippen LogP contribution in [0.4, 0.5) is 0 Å². The molecule has 134 valence electrons. The van der Waals surface area contributed by atoms with Crippen molar-refractivity contribution in [1.29, 1.82) is 0 Å². The van der Waals surface area contributed by atoms with Crippen LogP contribution in [0, 0.1) is 11.8 Å². The minimum absolute atomic E-state index is 0.221. The maximum atomic E-state index is 12.1. The van der Waals surface area contributed by atoms with Crippen molar-refractivity contribution < 1.29 is 19.1 Å². The molecule has 2 aliphatic rings. The Hall–Kier alpha value is -1.58. The van der Waals surface area contributed by atoms with E-state index in [1.807, 2.05) is 0 Å². The molecule has 0 heterocycles. The van der Waals surface area contributed by atoms with E-state index in [9.17, 15) is 9.59 Å². The first-order valence-corrected chi connectivity index (χ1v) is 9.31. The van der Waals surface area contributed by atoms with E-state index in [1.165, 1.54) is 31.9 Å². The van der Waals surface area contributed by atoms with Crippen LogP contribution in [-0.2, 0) is 19.1 Å². The van der Waals surface area contributed by atoms with Gasteiger partial charge in [0.25, 0.3) is 0 Å². The van der Waals surface area contributed by atoms with Crippen LogP contribution >= 0.6 is 0 Å². The molecule has 2 saturated carbocycles. The van der Waals surface area contributed by atoms with Gasteiger partial charge >= 0.3 is 11.9 Å². The summed E-state index contributed by atoms with van der Waals surface area (Å²) in [6.45, 7) is 5.95. The first-order chi connectivity index (χ1) is 11.6. The lowest BCUT2D eigenvalue weighted by atomic mass is 9.84. The van der Waals surface area contributed by atoms with Crippen molar-refractivity contribution in [3.8, 4) is 0 Å². The summed E-state index contributed by atoms with van der Waals surface area (Å²) in [7, 11) is 0. The Kier molecular flexibility index (Phi) is 7.54. The molecule has 0 amide bonds. The average Bonchev–Trinajstić information content (AvgIpc) is 2.64.